The molecule has 1 saturated carbocycles. The molecule has 0 heterocycles. The van der Waals surface area contributed by atoms with E-state index >= 15 is 0 Å². The van der Waals surface area contributed by atoms with Crippen molar-refractivity contribution in [2.75, 3.05) is 6.61 Å². The zero-order valence-corrected chi connectivity index (χ0v) is 5.58. The molecule has 10 heavy (non-hydrogen) atoms. The maximum Gasteiger partial charge on any atom is 0.305 e. The van der Waals surface area contributed by atoms with E-state index in [-0.39, 0.29) is 18.9 Å². The summed E-state index contributed by atoms with van der Waals surface area (Å²) in [6, 6.07) is 0. The first kappa shape index (κ1) is 7.50. The van der Waals surface area contributed by atoms with Crippen molar-refractivity contribution in [3.8, 4) is 0 Å². The van der Waals surface area contributed by atoms with Gasteiger partial charge in [-0.05, 0) is 6.42 Å². The van der Waals surface area contributed by atoms with Crippen LogP contribution in [0, 0.1) is 5.92 Å². The Balaban J connectivity index is 2.36. The Hall–Kier alpha value is -0.610. The highest BCUT2D eigenvalue weighted by Crippen LogP contribution is 2.42. The molecule has 1 aliphatic carbocycles. The highest BCUT2D eigenvalue weighted by atomic mass is 16.4. The number of hydrogen-bond acceptors (Lipinski definition) is 3. The third kappa shape index (κ3) is 1.27. The van der Waals surface area contributed by atoms with Crippen molar-refractivity contribution in [2.24, 2.45) is 11.7 Å². The molecule has 4 N–H and O–H groups in total. The molecule has 0 bridgehead atoms. The number of carboxylic acids is 1. The van der Waals surface area contributed by atoms with Gasteiger partial charge < -0.3 is 15.9 Å². The van der Waals surface area contributed by atoms with Crippen LogP contribution in [0.4, 0.5) is 0 Å². The monoisotopic (exact) mass is 145 g/mol. The number of nitrogens with two attached hydrogens (primary N) is 1. The van der Waals surface area contributed by atoms with Crippen molar-refractivity contribution in [1.82, 2.24) is 0 Å². The topological polar surface area (TPSA) is 83.6 Å². The van der Waals surface area contributed by atoms with E-state index in [2.05, 4.69) is 0 Å². The van der Waals surface area contributed by atoms with Crippen LogP contribution in [-0.2, 0) is 4.79 Å². The molecule has 0 saturated heterocycles. The quantitative estimate of drug-likeness (QED) is 0.484. The summed E-state index contributed by atoms with van der Waals surface area (Å²) in [5.74, 6) is -0.887. The Kier molecular flexibility index (Phi) is 1.66. The predicted molar refractivity (Wildman–Crippen MR) is 34.4 cm³/mol. The molecule has 0 radical (unpaired) electrons. The second-order valence-electron chi connectivity index (χ2n) is 2.89. The van der Waals surface area contributed by atoms with Gasteiger partial charge in [-0.15, -0.1) is 0 Å². The van der Waals surface area contributed by atoms with Gasteiger partial charge in [-0.3, -0.25) is 4.79 Å². The van der Waals surface area contributed by atoms with Gasteiger partial charge in [0.05, 0.1) is 6.42 Å². The fourth-order valence-electron chi connectivity index (χ4n) is 1.14. The van der Waals surface area contributed by atoms with E-state index in [1.807, 2.05) is 0 Å². The van der Waals surface area contributed by atoms with Crippen LogP contribution in [0.1, 0.15) is 12.8 Å². The lowest BCUT2D eigenvalue weighted by Gasteiger charge is -2.04. The van der Waals surface area contributed by atoms with Crippen molar-refractivity contribution in [2.45, 2.75) is 18.4 Å². The fraction of sp³-hybridized carbons (Fsp3) is 0.833. The SMILES string of the molecule is N[C@@]1(CC(=O)O)C[C@H]1CO. The van der Waals surface area contributed by atoms with Crippen LogP contribution in [0.25, 0.3) is 0 Å². The first-order valence-corrected chi connectivity index (χ1v) is 3.20. The van der Waals surface area contributed by atoms with Gasteiger partial charge in [-0.1, -0.05) is 0 Å². The standard InChI is InChI=1S/C6H11NO3/c7-6(2-5(9)10)1-4(6)3-8/h4,8H,1-3,7H2,(H,9,10)/t4-,6+/m0/s1. The van der Waals surface area contributed by atoms with Crippen LogP contribution in [0.3, 0.4) is 0 Å². The summed E-state index contributed by atoms with van der Waals surface area (Å²) in [5, 5.41) is 16.9. The van der Waals surface area contributed by atoms with Crippen molar-refractivity contribution < 1.29 is 15.0 Å². The number of aliphatic hydroxyl groups is 1. The van der Waals surface area contributed by atoms with Gasteiger partial charge in [0.2, 0.25) is 0 Å². The molecular weight excluding hydrogens is 134 g/mol. The molecule has 0 aromatic rings. The molecule has 1 fully saturated rings. The average molecular weight is 145 g/mol. The number of aliphatic hydroxyl groups excluding tert-OH is 1. The second-order valence-corrected chi connectivity index (χ2v) is 2.89. The Morgan fingerprint density at radius 1 is 1.80 bits per heavy atom. The van der Waals surface area contributed by atoms with Crippen molar-refractivity contribution in [1.29, 1.82) is 0 Å². The van der Waals surface area contributed by atoms with Gasteiger partial charge >= 0.3 is 5.97 Å². The number of carbonyl (C=O) groups is 1. The highest BCUT2D eigenvalue weighted by molar-refractivity contribution is 5.69. The number of aliphatic carboxylic acids is 1. The van der Waals surface area contributed by atoms with E-state index in [0.717, 1.165) is 0 Å². The zero-order chi connectivity index (χ0) is 7.78. The van der Waals surface area contributed by atoms with Crippen molar-refractivity contribution >= 4 is 5.97 Å². The first-order chi connectivity index (χ1) is 4.58. The third-order valence-corrected chi connectivity index (χ3v) is 1.98. The number of hydrogen-bond donors (Lipinski definition) is 3. The summed E-state index contributed by atoms with van der Waals surface area (Å²) in [4.78, 5) is 10.2. The summed E-state index contributed by atoms with van der Waals surface area (Å²) in [5.41, 5.74) is 4.95. The maximum atomic E-state index is 10.2. The van der Waals surface area contributed by atoms with Crippen LogP contribution in [0.15, 0.2) is 0 Å². The molecule has 0 spiro atoms. The molecule has 0 aliphatic heterocycles. The lowest BCUT2D eigenvalue weighted by molar-refractivity contribution is -0.137. The van der Waals surface area contributed by atoms with Gasteiger partial charge in [0, 0.05) is 18.1 Å². The van der Waals surface area contributed by atoms with Gasteiger partial charge in [-0.2, -0.15) is 0 Å². The minimum absolute atomic E-state index is 0.00333. The summed E-state index contributed by atoms with van der Waals surface area (Å²) in [6.45, 7) is 0.00375. The molecule has 0 aromatic carbocycles. The minimum Gasteiger partial charge on any atom is -0.481 e. The molecule has 58 valence electrons. The zero-order valence-electron chi connectivity index (χ0n) is 5.58. The van der Waals surface area contributed by atoms with Gasteiger partial charge in [0.15, 0.2) is 0 Å². The first-order valence-electron chi connectivity index (χ1n) is 3.20. The highest BCUT2D eigenvalue weighted by Gasteiger charge is 2.51. The van der Waals surface area contributed by atoms with Gasteiger partial charge in [-0.25, -0.2) is 0 Å². The van der Waals surface area contributed by atoms with Crippen LogP contribution in [0.2, 0.25) is 0 Å². The van der Waals surface area contributed by atoms with Crippen molar-refractivity contribution in [3.63, 3.8) is 0 Å². The van der Waals surface area contributed by atoms with E-state index in [0.29, 0.717) is 6.42 Å². The van der Waals surface area contributed by atoms with E-state index in [9.17, 15) is 4.79 Å². The molecule has 0 unspecified atom stereocenters. The van der Waals surface area contributed by atoms with E-state index in [4.69, 9.17) is 15.9 Å². The van der Waals surface area contributed by atoms with Crippen LogP contribution >= 0.6 is 0 Å². The summed E-state index contributed by atoms with van der Waals surface area (Å²) >= 11 is 0. The van der Waals surface area contributed by atoms with Crippen LogP contribution in [0.5, 0.6) is 0 Å². The van der Waals surface area contributed by atoms with Crippen molar-refractivity contribution in [3.05, 3.63) is 0 Å². The third-order valence-electron chi connectivity index (χ3n) is 1.98. The summed E-state index contributed by atoms with van der Waals surface area (Å²) < 4.78 is 0. The maximum absolute atomic E-state index is 10.2. The van der Waals surface area contributed by atoms with Crippen LogP contribution < -0.4 is 5.73 Å². The Bertz CT molecular complexity index is 159. The second kappa shape index (κ2) is 2.21. The molecule has 4 heteroatoms. The normalized spacial score (nSPS) is 37.6. The van der Waals surface area contributed by atoms with E-state index < -0.39 is 11.5 Å². The fourth-order valence-corrected chi connectivity index (χ4v) is 1.14. The molecule has 1 rings (SSSR count). The molecule has 0 aromatic heterocycles. The average Bonchev–Trinajstić information content (AvgIpc) is 2.39. The van der Waals surface area contributed by atoms with E-state index in [1.165, 1.54) is 0 Å². The molecule has 4 nitrogen and oxygen atoms in total. The largest absolute Gasteiger partial charge is 0.481 e. The lowest BCUT2D eigenvalue weighted by Crippen LogP contribution is -2.29. The molecule has 2 atom stereocenters. The minimum atomic E-state index is -0.890. The smallest absolute Gasteiger partial charge is 0.305 e. The Labute approximate surface area is 58.6 Å². The lowest BCUT2D eigenvalue weighted by atomic mass is 10.1. The summed E-state index contributed by atoms with van der Waals surface area (Å²) in [6.07, 6.45) is 0.605. The predicted octanol–water partition coefficient (Wildman–Crippen LogP) is -0.829. The number of rotatable bonds is 3. The van der Waals surface area contributed by atoms with Crippen LogP contribution in [-0.4, -0.2) is 28.3 Å². The van der Waals surface area contributed by atoms with Gasteiger partial charge in [0.25, 0.3) is 0 Å². The molecular formula is C6H11NO3. The van der Waals surface area contributed by atoms with E-state index in [1.54, 1.807) is 0 Å². The number of carboxylic acid groups (broad SMARTS) is 1. The molecule has 1 aliphatic rings. The Morgan fingerprint density at radius 3 is 2.70 bits per heavy atom. The molecule has 0 amide bonds. The Morgan fingerprint density at radius 2 is 2.40 bits per heavy atom. The van der Waals surface area contributed by atoms with Gasteiger partial charge in [0.1, 0.15) is 0 Å². The summed E-state index contributed by atoms with van der Waals surface area (Å²) in [7, 11) is 0.